The fourth-order valence-electron chi connectivity index (χ4n) is 3.34. The topological polar surface area (TPSA) is 56.2 Å². The quantitative estimate of drug-likeness (QED) is 0.917. The highest BCUT2D eigenvalue weighted by molar-refractivity contribution is 5.82. The van der Waals surface area contributed by atoms with E-state index in [1.165, 1.54) is 5.69 Å². The highest BCUT2D eigenvalue weighted by Gasteiger charge is 2.23. The normalized spacial score (nSPS) is 17.1. The van der Waals surface area contributed by atoms with Crippen LogP contribution in [0.25, 0.3) is 11.0 Å². The summed E-state index contributed by atoms with van der Waals surface area (Å²) in [7, 11) is 0. The Morgan fingerprint density at radius 3 is 2.88 bits per heavy atom. The molecule has 3 rings (SSSR count). The van der Waals surface area contributed by atoms with Crippen LogP contribution in [0.2, 0.25) is 0 Å². The van der Waals surface area contributed by atoms with Crippen molar-refractivity contribution in [2.45, 2.75) is 58.5 Å². The van der Waals surface area contributed by atoms with Gasteiger partial charge in [0.2, 0.25) is 5.91 Å². The maximum absolute atomic E-state index is 12.4. The molecule has 130 valence electrons. The Morgan fingerprint density at radius 2 is 2.17 bits per heavy atom. The Morgan fingerprint density at radius 1 is 1.42 bits per heavy atom. The number of aryl methyl sites for hydroxylation is 1. The van der Waals surface area contributed by atoms with Gasteiger partial charge in [0.1, 0.15) is 12.2 Å². The van der Waals surface area contributed by atoms with Gasteiger partial charge in [-0.25, -0.2) is 4.98 Å². The van der Waals surface area contributed by atoms with Crippen molar-refractivity contribution in [1.29, 1.82) is 0 Å². The molecule has 1 saturated heterocycles. The molecule has 0 spiro atoms. The summed E-state index contributed by atoms with van der Waals surface area (Å²) in [5, 5.41) is 4.18. The standard InChI is InChI=1S/C19H27N3O2/c1-4-14(3)21-18(23)12-22-17(15-5-7-24-8-6-15)10-16-9-13(2)11-20-19(16)22/h9-11,14-15H,4-8,12H2,1-3H3,(H,21,23)/t14-/m1/s1. The molecular formula is C19H27N3O2. The van der Waals surface area contributed by atoms with E-state index in [2.05, 4.69) is 33.9 Å². The Kier molecular flexibility index (Phi) is 5.19. The van der Waals surface area contributed by atoms with Crippen molar-refractivity contribution in [2.24, 2.45) is 0 Å². The smallest absolute Gasteiger partial charge is 0.240 e. The number of fused-ring (bicyclic) bond motifs is 1. The van der Waals surface area contributed by atoms with Gasteiger partial charge in [-0.3, -0.25) is 4.79 Å². The molecule has 2 aromatic rings. The molecule has 0 aliphatic carbocycles. The molecule has 0 radical (unpaired) electrons. The largest absolute Gasteiger partial charge is 0.381 e. The van der Waals surface area contributed by atoms with Gasteiger partial charge in [0.05, 0.1) is 0 Å². The molecule has 0 unspecified atom stereocenters. The molecule has 1 amide bonds. The number of nitrogens with one attached hydrogen (secondary N) is 1. The molecule has 5 heteroatoms. The van der Waals surface area contributed by atoms with Crippen molar-refractivity contribution in [2.75, 3.05) is 13.2 Å². The Hall–Kier alpha value is -1.88. The molecular weight excluding hydrogens is 302 g/mol. The summed E-state index contributed by atoms with van der Waals surface area (Å²) >= 11 is 0. The van der Waals surface area contributed by atoms with Gasteiger partial charge in [0.25, 0.3) is 0 Å². The predicted octanol–water partition coefficient (Wildman–Crippen LogP) is 3.15. The van der Waals surface area contributed by atoms with Crippen LogP contribution >= 0.6 is 0 Å². The van der Waals surface area contributed by atoms with Gasteiger partial charge in [-0.15, -0.1) is 0 Å². The van der Waals surface area contributed by atoms with Crippen molar-refractivity contribution in [1.82, 2.24) is 14.9 Å². The van der Waals surface area contributed by atoms with E-state index in [1.54, 1.807) is 0 Å². The monoisotopic (exact) mass is 329 g/mol. The molecule has 0 aromatic carbocycles. The molecule has 0 bridgehead atoms. The van der Waals surface area contributed by atoms with Crippen LogP contribution in [0.5, 0.6) is 0 Å². The third kappa shape index (κ3) is 3.61. The number of carbonyl (C=O) groups is 1. The van der Waals surface area contributed by atoms with Gasteiger partial charge in [0.15, 0.2) is 0 Å². The molecule has 24 heavy (non-hydrogen) atoms. The van der Waals surface area contributed by atoms with Crippen molar-refractivity contribution < 1.29 is 9.53 Å². The average molecular weight is 329 g/mol. The first-order valence-corrected chi connectivity index (χ1v) is 8.91. The third-order valence-electron chi connectivity index (χ3n) is 4.86. The second-order valence-corrected chi connectivity index (χ2v) is 6.84. The molecule has 2 aromatic heterocycles. The van der Waals surface area contributed by atoms with E-state index in [1.807, 2.05) is 20.0 Å². The first-order chi connectivity index (χ1) is 11.6. The summed E-state index contributed by atoms with van der Waals surface area (Å²) in [4.78, 5) is 17.0. The number of hydrogen-bond acceptors (Lipinski definition) is 3. The predicted molar refractivity (Wildman–Crippen MR) is 95.2 cm³/mol. The lowest BCUT2D eigenvalue weighted by atomic mass is 9.96. The minimum atomic E-state index is 0.0533. The third-order valence-corrected chi connectivity index (χ3v) is 4.86. The van der Waals surface area contributed by atoms with Crippen molar-refractivity contribution in [3.8, 4) is 0 Å². The lowest BCUT2D eigenvalue weighted by Gasteiger charge is -2.24. The number of ether oxygens (including phenoxy) is 1. The zero-order valence-electron chi connectivity index (χ0n) is 14.8. The molecule has 1 aliphatic heterocycles. The van der Waals surface area contributed by atoms with Crippen LogP contribution in [0.4, 0.5) is 0 Å². The average Bonchev–Trinajstić information content (AvgIpc) is 2.93. The summed E-state index contributed by atoms with van der Waals surface area (Å²) in [5.41, 5.74) is 3.26. The van der Waals surface area contributed by atoms with Gasteiger partial charge in [-0.2, -0.15) is 0 Å². The SMILES string of the molecule is CC[C@@H](C)NC(=O)Cn1c(C2CCOCC2)cc2cc(C)cnc21. The molecule has 3 heterocycles. The van der Waals surface area contributed by atoms with Gasteiger partial charge < -0.3 is 14.6 Å². The Balaban J connectivity index is 1.94. The zero-order chi connectivity index (χ0) is 17.1. The number of rotatable bonds is 5. The number of aromatic nitrogens is 2. The lowest BCUT2D eigenvalue weighted by Crippen LogP contribution is -2.35. The molecule has 0 saturated carbocycles. The maximum atomic E-state index is 12.4. The Labute approximate surface area is 143 Å². The van der Waals surface area contributed by atoms with E-state index in [9.17, 15) is 4.79 Å². The van der Waals surface area contributed by atoms with Crippen LogP contribution in [-0.4, -0.2) is 34.7 Å². The minimum absolute atomic E-state index is 0.0533. The summed E-state index contributed by atoms with van der Waals surface area (Å²) in [6.45, 7) is 8.07. The highest BCUT2D eigenvalue weighted by atomic mass is 16.5. The van der Waals surface area contributed by atoms with Crippen molar-refractivity contribution in [3.05, 3.63) is 29.6 Å². The van der Waals surface area contributed by atoms with Gasteiger partial charge in [-0.05, 0) is 50.8 Å². The lowest BCUT2D eigenvalue weighted by molar-refractivity contribution is -0.122. The van der Waals surface area contributed by atoms with Crippen LogP contribution in [0.1, 0.15) is 50.3 Å². The maximum Gasteiger partial charge on any atom is 0.240 e. The van der Waals surface area contributed by atoms with Gasteiger partial charge in [0, 0.05) is 42.5 Å². The summed E-state index contributed by atoms with van der Waals surface area (Å²) < 4.78 is 7.60. The first kappa shape index (κ1) is 17.0. The fraction of sp³-hybridized carbons (Fsp3) is 0.579. The van der Waals surface area contributed by atoms with E-state index in [4.69, 9.17) is 4.74 Å². The van der Waals surface area contributed by atoms with Gasteiger partial charge >= 0.3 is 0 Å². The minimum Gasteiger partial charge on any atom is -0.381 e. The van der Waals surface area contributed by atoms with Crippen LogP contribution in [0, 0.1) is 6.92 Å². The number of hydrogen-bond donors (Lipinski definition) is 1. The Bertz CT molecular complexity index is 717. The van der Waals surface area contributed by atoms with Crippen LogP contribution in [0.15, 0.2) is 18.3 Å². The molecule has 1 aliphatic rings. The van der Waals surface area contributed by atoms with E-state index >= 15 is 0 Å². The molecule has 1 atom stereocenters. The van der Waals surface area contributed by atoms with Crippen molar-refractivity contribution >= 4 is 16.9 Å². The second-order valence-electron chi connectivity index (χ2n) is 6.84. The van der Waals surface area contributed by atoms with Gasteiger partial charge in [-0.1, -0.05) is 6.92 Å². The number of nitrogens with zero attached hydrogens (tertiary/aromatic N) is 2. The second kappa shape index (κ2) is 7.34. The number of carbonyl (C=O) groups excluding carboxylic acids is 1. The fourth-order valence-corrected chi connectivity index (χ4v) is 3.34. The van der Waals surface area contributed by atoms with Crippen LogP contribution in [0.3, 0.4) is 0 Å². The number of amides is 1. The summed E-state index contributed by atoms with van der Waals surface area (Å²) in [6.07, 6.45) is 4.81. The van der Waals surface area contributed by atoms with Crippen molar-refractivity contribution in [3.63, 3.8) is 0 Å². The zero-order valence-corrected chi connectivity index (χ0v) is 14.8. The summed E-state index contributed by atoms with van der Waals surface area (Å²) in [6, 6.07) is 4.55. The van der Waals surface area contributed by atoms with E-state index in [0.29, 0.717) is 12.5 Å². The van der Waals surface area contributed by atoms with Crippen LogP contribution in [-0.2, 0) is 16.1 Å². The highest BCUT2D eigenvalue weighted by Crippen LogP contribution is 2.31. The summed E-state index contributed by atoms with van der Waals surface area (Å²) in [5.74, 6) is 0.488. The number of pyridine rings is 1. The molecule has 1 N–H and O–H groups in total. The molecule has 5 nitrogen and oxygen atoms in total. The van der Waals surface area contributed by atoms with E-state index < -0.39 is 0 Å². The van der Waals surface area contributed by atoms with E-state index in [-0.39, 0.29) is 11.9 Å². The first-order valence-electron chi connectivity index (χ1n) is 8.91. The van der Waals surface area contributed by atoms with E-state index in [0.717, 1.165) is 49.1 Å². The van der Waals surface area contributed by atoms with Crippen LogP contribution < -0.4 is 5.32 Å². The molecule has 1 fully saturated rings.